The second-order valence-electron chi connectivity index (χ2n) is 9.45. The fourth-order valence-electron chi connectivity index (χ4n) is 3.83. The zero-order valence-corrected chi connectivity index (χ0v) is 24.0. The molecule has 39 heavy (non-hydrogen) atoms. The smallest absolute Gasteiger partial charge is 0.264 e. The molecule has 2 unspecified atom stereocenters. The third kappa shape index (κ3) is 7.80. The van der Waals surface area contributed by atoms with E-state index in [2.05, 4.69) is 5.32 Å². The molecule has 0 bridgehead atoms. The van der Waals surface area contributed by atoms with Gasteiger partial charge in [-0.15, -0.1) is 0 Å². The third-order valence-electron chi connectivity index (χ3n) is 6.42. The van der Waals surface area contributed by atoms with Gasteiger partial charge in [0.05, 0.1) is 10.6 Å². The van der Waals surface area contributed by atoms with Gasteiger partial charge in [0.1, 0.15) is 18.4 Å². The SMILES string of the molecule is CCC(C)NC(=O)C(C)N(Cc1ccc(F)cc1)C(=O)CN(c1cccc(Cl)c1)S(=O)(=O)c1ccc(C)cc1. The van der Waals surface area contributed by atoms with E-state index in [1.54, 1.807) is 37.3 Å². The van der Waals surface area contributed by atoms with Crippen molar-refractivity contribution >= 4 is 39.1 Å². The van der Waals surface area contributed by atoms with Crippen LogP contribution in [0.5, 0.6) is 0 Å². The summed E-state index contributed by atoms with van der Waals surface area (Å²) in [6.07, 6.45) is 0.696. The van der Waals surface area contributed by atoms with Gasteiger partial charge in [0.15, 0.2) is 0 Å². The summed E-state index contributed by atoms with van der Waals surface area (Å²) in [4.78, 5) is 28.2. The lowest BCUT2D eigenvalue weighted by atomic mass is 10.1. The molecule has 0 radical (unpaired) electrons. The van der Waals surface area contributed by atoms with E-state index in [0.29, 0.717) is 17.0 Å². The number of carbonyl (C=O) groups excluding carboxylic acids is 2. The summed E-state index contributed by atoms with van der Waals surface area (Å²) in [6.45, 7) is 6.59. The average Bonchev–Trinajstić information content (AvgIpc) is 2.90. The van der Waals surface area contributed by atoms with E-state index in [4.69, 9.17) is 11.6 Å². The Hall–Kier alpha value is -3.43. The van der Waals surface area contributed by atoms with Crippen LogP contribution in [0, 0.1) is 12.7 Å². The van der Waals surface area contributed by atoms with Crippen molar-refractivity contribution in [3.8, 4) is 0 Å². The number of aryl methyl sites for hydroxylation is 1. The van der Waals surface area contributed by atoms with E-state index in [0.717, 1.165) is 9.87 Å². The molecule has 2 amide bonds. The summed E-state index contributed by atoms with van der Waals surface area (Å²) >= 11 is 6.18. The van der Waals surface area contributed by atoms with E-state index < -0.39 is 34.3 Å². The summed E-state index contributed by atoms with van der Waals surface area (Å²) in [7, 11) is -4.19. The van der Waals surface area contributed by atoms with Gasteiger partial charge in [0.25, 0.3) is 10.0 Å². The van der Waals surface area contributed by atoms with Crippen molar-refractivity contribution in [3.63, 3.8) is 0 Å². The van der Waals surface area contributed by atoms with Crippen molar-refractivity contribution in [2.24, 2.45) is 0 Å². The highest BCUT2D eigenvalue weighted by Gasteiger charge is 2.32. The Morgan fingerprint density at radius 2 is 1.64 bits per heavy atom. The number of rotatable bonds is 11. The van der Waals surface area contributed by atoms with Crippen LogP contribution in [0.4, 0.5) is 10.1 Å². The van der Waals surface area contributed by atoms with Crippen molar-refractivity contribution in [2.45, 2.75) is 57.6 Å². The Morgan fingerprint density at radius 3 is 2.23 bits per heavy atom. The Kier molecular flexibility index (Phi) is 10.1. The van der Waals surface area contributed by atoms with Gasteiger partial charge in [-0.25, -0.2) is 12.8 Å². The quantitative estimate of drug-likeness (QED) is 0.337. The van der Waals surface area contributed by atoms with Crippen LogP contribution >= 0.6 is 11.6 Å². The number of carbonyl (C=O) groups is 2. The van der Waals surface area contributed by atoms with Crippen LogP contribution in [-0.4, -0.2) is 43.8 Å². The molecule has 3 rings (SSSR count). The fraction of sp³-hybridized carbons (Fsp3) is 0.310. The summed E-state index contributed by atoms with van der Waals surface area (Å²) in [6, 6.07) is 17.0. The minimum absolute atomic E-state index is 0.00789. The number of anilines is 1. The molecule has 0 saturated carbocycles. The number of halogens is 2. The number of benzene rings is 3. The largest absolute Gasteiger partial charge is 0.352 e. The van der Waals surface area contributed by atoms with E-state index in [9.17, 15) is 22.4 Å². The zero-order chi connectivity index (χ0) is 28.7. The van der Waals surface area contributed by atoms with Crippen LogP contribution in [0.25, 0.3) is 0 Å². The van der Waals surface area contributed by atoms with E-state index >= 15 is 0 Å². The first-order valence-corrected chi connectivity index (χ1v) is 14.4. The Bertz CT molecular complexity index is 1400. The molecule has 1 N–H and O–H groups in total. The van der Waals surface area contributed by atoms with Gasteiger partial charge in [-0.3, -0.25) is 13.9 Å². The van der Waals surface area contributed by atoms with Crippen LogP contribution < -0.4 is 9.62 Å². The van der Waals surface area contributed by atoms with E-state index in [1.165, 1.54) is 47.4 Å². The number of hydrogen-bond donors (Lipinski definition) is 1. The Balaban J connectivity index is 2.02. The lowest BCUT2D eigenvalue weighted by Crippen LogP contribution is -2.52. The molecule has 3 aromatic rings. The molecule has 208 valence electrons. The first-order chi connectivity index (χ1) is 18.4. The van der Waals surface area contributed by atoms with Crippen molar-refractivity contribution in [3.05, 3.63) is 94.8 Å². The predicted molar refractivity (Wildman–Crippen MR) is 151 cm³/mol. The van der Waals surface area contributed by atoms with Crippen molar-refractivity contribution < 1.29 is 22.4 Å². The van der Waals surface area contributed by atoms with Gasteiger partial charge in [-0.2, -0.15) is 0 Å². The first kappa shape index (κ1) is 30.1. The molecule has 0 heterocycles. The number of nitrogens with zero attached hydrogens (tertiary/aromatic N) is 2. The molecule has 0 aromatic heterocycles. The maximum Gasteiger partial charge on any atom is 0.264 e. The molecule has 0 saturated heterocycles. The molecule has 0 aliphatic rings. The predicted octanol–water partition coefficient (Wildman–Crippen LogP) is 5.31. The number of hydrogen-bond acceptors (Lipinski definition) is 4. The summed E-state index contributed by atoms with van der Waals surface area (Å²) in [5.74, 6) is -1.42. The second kappa shape index (κ2) is 13.1. The van der Waals surface area contributed by atoms with Crippen LogP contribution in [0.2, 0.25) is 5.02 Å². The standard InChI is InChI=1S/C29H33ClFN3O4S/c1-5-21(3)32-29(36)22(4)33(18-23-11-13-25(31)14-12-23)28(35)19-34(26-8-6-7-24(30)17-26)39(37,38)27-15-9-20(2)10-16-27/h6-17,21-22H,5,18-19H2,1-4H3,(H,32,36). The number of amides is 2. The molecule has 0 spiro atoms. The maximum absolute atomic E-state index is 13.8. The van der Waals surface area contributed by atoms with Crippen LogP contribution in [0.15, 0.2) is 77.7 Å². The highest BCUT2D eigenvalue weighted by molar-refractivity contribution is 7.92. The van der Waals surface area contributed by atoms with E-state index in [-0.39, 0.29) is 29.1 Å². The van der Waals surface area contributed by atoms with E-state index in [1.807, 2.05) is 20.8 Å². The molecule has 0 aliphatic heterocycles. The maximum atomic E-state index is 13.8. The van der Waals surface area contributed by atoms with Gasteiger partial charge in [0.2, 0.25) is 11.8 Å². The molecule has 10 heteroatoms. The normalized spacial score (nSPS) is 12.9. The molecule has 3 aromatic carbocycles. The van der Waals surface area contributed by atoms with Crippen molar-refractivity contribution in [2.75, 3.05) is 10.8 Å². The highest BCUT2D eigenvalue weighted by atomic mass is 35.5. The summed E-state index contributed by atoms with van der Waals surface area (Å²) in [5.41, 5.74) is 1.67. The lowest BCUT2D eigenvalue weighted by Gasteiger charge is -2.32. The second-order valence-corrected chi connectivity index (χ2v) is 11.7. The summed E-state index contributed by atoms with van der Waals surface area (Å²) < 4.78 is 42.1. The average molecular weight is 574 g/mol. The topological polar surface area (TPSA) is 86.8 Å². The third-order valence-corrected chi connectivity index (χ3v) is 8.44. The molecular formula is C29H33ClFN3O4S. The van der Waals surface area contributed by atoms with Crippen LogP contribution in [0.3, 0.4) is 0 Å². The lowest BCUT2D eigenvalue weighted by molar-refractivity contribution is -0.139. The van der Waals surface area contributed by atoms with Gasteiger partial charge < -0.3 is 10.2 Å². The number of nitrogens with one attached hydrogen (secondary N) is 1. The number of sulfonamides is 1. The molecule has 0 aliphatic carbocycles. The van der Waals surface area contributed by atoms with Gasteiger partial charge in [-0.1, -0.05) is 54.4 Å². The molecular weight excluding hydrogens is 541 g/mol. The Morgan fingerprint density at radius 1 is 1.00 bits per heavy atom. The van der Waals surface area contributed by atoms with Crippen molar-refractivity contribution in [1.29, 1.82) is 0 Å². The van der Waals surface area contributed by atoms with Crippen LogP contribution in [0.1, 0.15) is 38.3 Å². The zero-order valence-electron chi connectivity index (χ0n) is 22.4. The Labute approximate surface area is 234 Å². The van der Waals surface area contributed by atoms with Crippen LogP contribution in [-0.2, 0) is 26.2 Å². The first-order valence-electron chi connectivity index (χ1n) is 12.6. The minimum Gasteiger partial charge on any atom is -0.352 e. The highest BCUT2D eigenvalue weighted by Crippen LogP contribution is 2.27. The monoisotopic (exact) mass is 573 g/mol. The minimum atomic E-state index is -4.19. The molecule has 2 atom stereocenters. The molecule has 0 fully saturated rings. The van der Waals surface area contributed by atoms with Crippen molar-refractivity contribution in [1.82, 2.24) is 10.2 Å². The molecule has 7 nitrogen and oxygen atoms in total. The van der Waals surface area contributed by atoms with Gasteiger partial charge >= 0.3 is 0 Å². The van der Waals surface area contributed by atoms with Gasteiger partial charge in [0, 0.05) is 17.6 Å². The fourth-order valence-corrected chi connectivity index (χ4v) is 5.42. The summed E-state index contributed by atoms with van der Waals surface area (Å²) in [5, 5.41) is 3.17. The van der Waals surface area contributed by atoms with Gasteiger partial charge in [-0.05, 0) is 75.2 Å².